The number of benzene rings is 1. The first-order chi connectivity index (χ1) is 9.25. The minimum atomic E-state index is -0.491. The molecule has 0 radical (unpaired) electrons. The van der Waals surface area contributed by atoms with Gasteiger partial charge >= 0.3 is 0 Å². The molecule has 21 heavy (non-hydrogen) atoms. The van der Waals surface area contributed by atoms with E-state index >= 15 is 0 Å². The van der Waals surface area contributed by atoms with Gasteiger partial charge in [-0.2, -0.15) is 0 Å². The monoisotopic (exact) mass is 314 g/mol. The zero-order valence-corrected chi connectivity index (χ0v) is 14.3. The Morgan fingerprint density at radius 3 is 2.52 bits per heavy atom. The first kappa shape index (κ1) is 19.7. The topological polar surface area (TPSA) is 64.3 Å². The van der Waals surface area contributed by atoms with Crippen LogP contribution in [-0.4, -0.2) is 25.6 Å². The van der Waals surface area contributed by atoms with Crippen LogP contribution in [-0.2, 0) is 11.2 Å². The van der Waals surface area contributed by atoms with Gasteiger partial charge < -0.3 is 15.8 Å². The fraction of sp³-hybridized carbons (Fsp3) is 0.562. The van der Waals surface area contributed by atoms with Gasteiger partial charge in [0.15, 0.2) is 0 Å². The molecule has 1 aromatic carbocycles. The van der Waals surface area contributed by atoms with Crippen molar-refractivity contribution in [2.24, 2.45) is 11.1 Å². The van der Waals surface area contributed by atoms with Crippen molar-refractivity contribution >= 4 is 18.3 Å². The Kier molecular flexibility index (Phi) is 7.75. The van der Waals surface area contributed by atoms with Crippen LogP contribution in [0.25, 0.3) is 0 Å². The molecule has 1 rings (SSSR count). The molecule has 1 amide bonds. The van der Waals surface area contributed by atoms with Crippen molar-refractivity contribution in [3.8, 4) is 5.75 Å². The number of halogens is 1. The van der Waals surface area contributed by atoms with E-state index in [1.54, 1.807) is 7.11 Å². The summed E-state index contributed by atoms with van der Waals surface area (Å²) in [5.74, 6) is 0.775. The number of hydrogen-bond acceptors (Lipinski definition) is 3. The number of hydrogen-bond donors (Lipinski definition) is 2. The Hall–Kier alpha value is -1.26. The third kappa shape index (κ3) is 5.94. The van der Waals surface area contributed by atoms with Gasteiger partial charge in [0.2, 0.25) is 5.91 Å². The van der Waals surface area contributed by atoms with Gasteiger partial charge in [0, 0.05) is 6.54 Å². The molecule has 0 unspecified atom stereocenters. The summed E-state index contributed by atoms with van der Waals surface area (Å²) in [6.45, 7) is 8.47. The number of nitrogens with one attached hydrogen (secondary N) is 1. The van der Waals surface area contributed by atoms with Crippen molar-refractivity contribution < 1.29 is 9.53 Å². The Labute approximate surface area is 133 Å². The summed E-state index contributed by atoms with van der Waals surface area (Å²) in [4.78, 5) is 11.9. The summed E-state index contributed by atoms with van der Waals surface area (Å²) in [5, 5.41) is 2.88. The standard InChI is InChI=1S/C16H26N2O2.ClH/c1-11-6-7-12(10-13(11)20-5)8-9-18-15(19)14(17)16(2,3)4;/h6-7,10,14H,8-9,17H2,1-5H3,(H,18,19);1H/t14-;/m1./s1. The van der Waals surface area contributed by atoms with Crippen LogP contribution < -0.4 is 15.8 Å². The zero-order valence-electron chi connectivity index (χ0n) is 13.5. The number of nitrogens with two attached hydrogens (primary N) is 1. The smallest absolute Gasteiger partial charge is 0.237 e. The number of rotatable bonds is 5. The van der Waals surface area contributed by atoms with Crippen LogP contribution in [0.3, 0.4) is 0 Å². The van der Waals surface area contributed by atoms with Crippen LogP contribution in [0.5, 0.6) is 5.75 Å². The highest BCUT2D eigenvalue weighted by Crippen LogP contribution is 2.19. The molecule has 0 aliphatic rings. The molecule has 120 valence electrons. The van der Waals surface area contributed by atoms with Crippen LogP contribution in [0.15, 0.2) is 18.2 Å². The zero-order chi connectivity index (χ0) is 15.3. The molecule has 0 bridgehead atoms. The normalized spacial score (nSPS) is 12.3. The van der Waals surface area contributed by atoms with E-state index in [-0.39, 0.29) is 23.7 Å². The third-order valence-electron chi connectivity index (χ3n) is 3.40. The Balaban J connectivity index is 0.00000400. The lowest BCUT2D eigenvalue weighted by Gasteiger charge is -2.25. The van der Waals surface area contributed by atoms with Gasteiger partial charge in [-0.1, -0.05) is 32.9 Å². The molecule has 0 aliphatic carbocycles. The third-order valence-corrected chi connectivity index (χ3v) is 3.40. The van der Waals surface area contributed by atoms with E-state index in [2.05, 4.69) is 5.32 Å². The summed E-state index contributed by atoms with van der Waals surface area (Å²) in [7, 11) is 1.66. The van der Waals surface area contributed by atoms with Crippen LogP contribution in [0.1, 0.15) is 31.9 Å². The molecule has 5 heteroatoms. The van der Waals surface area contributed by atoms with Crippen LogP contribution in [0.2, 0.25) is 0 Å². The average molecular weight is 315 g/mol. The lowest BCUT2D eigenvalue weighted by molar-refractivity contribution is -0.124. The van der Waals surface area contributed by atoms with Crippen LogP contribution in [0, 0.1) is 12.3 Å². The summed E-state index contributed by atoms with van der Waals surface area (Å²) in [5.41, 5.74) is 7.92. The molecule has 3 N–H and O–H groups in total. The Bertz CT molecular complexity index is 470. The molecule has 0 aliphatic heterocycles. The highest BCUT2D eigenvalue weighted by Gasteiger charge is 2.26. The maximum absolute atomic E-state index is 11.9. The van der Waals surface area contributed by atoms with E-state index in [0.717, 1.165) is 23.3 Å². The first-order valence-electron chi connectivity index (χ1n) is 6.92. The SMILES string of the molecule is COc1cc(CCNC(=O)[C@@H](N)C(C)(C)C)ccc1C.Cl. The van der Waals surface area contributed by atoms with Crippen molar-refractivity contribution in [1.29, 1.82) is 0 Å². The summed E-state index contributed by atoms with van der Waals surface area (Å²) in [6.07, 6.45) is 0.763. The van der Waals surface area contributed by atoms with Crippen molar-refractivity contribution in [2.45, 2.75) is 40.2 Å². The van der Waals surface area contributed by atoms with Crippen molar-refractivity contribution in [1.82, 2.24) is 5.32 Å². The molecule has 0 aromatic heterocycles. The lowest BCUT2D eigenvalue weighted by Crippen LogP contribution is -2.48. The van der Waals surface area contributed by atoms with E-state index in [4.69, 9.17) is 10.5 Å². The Morgan fingerprint density at radius 1 is 1.38 bits per heavy atom. The summed E-state index contributed by atoms with van der Waals surface area (Å²) >= 11 is 0. The molecule has 1 aromatic rings. The van der Waals surface area contributed by atoms with Gasteiger partial charge in [-0.15, -0.1) is 12.4 Å². The van der Waals surface area contributed by atoms with Gasteiger partial charge in [0.25, 0.3) is 0 Å². The minimum Gasteiger partial charge on any atom is -0.496 e. The van der Waals surface area contributed by atoms with E-state index in [0.29, 0.717) is 6.54 Å². The summed E-state index contributed by atoms with van der Waals surface area (Å²) < 4.78 is 5.29. The number of methoxy groups -OCH3 is 1. The number of carbonyl (C=O) groups is 1. The van der Waals surface area contributed by atoms with Crippen molar-refractivity contribution in [2.75, 3.05) is 13.7 Å². The second-order valence-corrected chi connectivity index (χ2v) is 6.19. The molecule has 0 saturated carbocycles. The Morgan fingerprint density at radius 2 is 2.00 bits per heavy atom. The number of ether oxygens (including phenoxy) is 1. The molecular weight excluding hydrogens is 288 g/mol. The fourth-order valence-electron chi connectivity index (χ4n) is 1.85. The number of carbonyl (C=O) groups excluding carboxylic acids is 1. The highest BCUT2D eigenvalue weighted by atomic mass is 35.5. The molecule has 0 fully saturated rings. The molecule has 4 nitrogen and oxygen atoms in total. The number of aryl methyl sites for hydroxylation is 1. The van der Waals surface area contributed by atoms with E-state index in [1.807, 2.05) is 45.9 Å². The van der Waals surface area contributed by atoms with Gasteiger partial charge in [0.1, 0.15) is 5.75 Å². The van der Waals surface area contributed by atoms with Gasteiger partial charge in [-0.05, 0) is 36.0 Å². The molecule has 1 atom stereocenters. The maximum Gasteiger partial charge on any atom is 0.237 e. The first-order valence-corrected chi connectivity index (χ1v) is 6.92. The van der Waals surface area contributed by atoms with Crippen LogP contribution in [0.4, 0.5) is 0 Å². The van der Waals surface area contributed by atoms with Crippen molar-refractivity contribution in [3.63, 3.8) is 0 Å². The molecule has 0 spiro atoms. The van der Waals surface area contributed by atoms with E-state index in [9.17, 15) is 4.79 Å². The quantitative estimate of drug-likeness (QED) is 0.877. The lowest BCUT2D eigenvalue weighted by atomic mass is 9.87. The molecule has 0 saturated heterocycles. The highest BCUT2D eigenvalue weighted by molar-refractivity contribution is 5.85. The number of amides is 1. The van der Waals surface area contributed by atoms with E-state index < -0.39 is 6.04 Å². The molecular formula is C16H27ClN2O2. The largest absolute Gasteiger partial charge is 0.496 e. The second kappa shape index (κ2) is 8.25. The van der Waals surface area contributed by atoms with Crippen LogP contribution >= 0.6 is 12.4 Å². The van der Waals surface area contributed by atoms with Crippen molar-refractivity contribution in [3.05, 3.63) is 29.3 Å². The van der Waals surface area contributed by atoms with Gasteiger partial charge in [0.05, 0.1) is 13.2 Å². The second-order valence-electron chi connectivity index (χ2n) is 6.19. The van der Waals surface area contributed by atoms with Gasteiger partial charge in [-0.25, -0.2) is 0 Å². The minimum absolute atomic E-state index is 0. The molecule has 0 heterocycles. The van der Waals surface area contributed by atoms with E-state index in [1.165, 1.54) is 0 Å². The summed E-state index contributed by atoms with van der Waals surface area (Å²) in [6, 6.07) is 5.59. The average Bonchev–Trinajstić information content (AvgIpc) is 2.38. The predicted octanol–water partition coefficient (Wildman–Crippen LogP) is 2.46. The maximum atomic E-state index is 11.9. The predicted molar refractivity (Wildman–Crippen MR) is 89.1 cm³/mol. The van der Waals surface area contributed by atoms with Gasteiger partial charge in [-0.3, -0.25) is 4.79 Å². The fourth-order valence-corrected chi connectivity index (χ4v) is 1.85.